The van der Waals surface area contributed by atoms with Crippen molar-refractivity contribution in [3.05, 3.63) is 34.9 Å². The first-order chi connectivity index (χ1) is 9.30. The van der Waals surface area contributed by atoms with E-state index in [1.807, 2.05) is 0 Å². The molecule has 0 aromatic heterocycles. The minimum Gasteiger partial charge on any atom is -0.313 e. The molecule has 0 heterocycles. The summed E-state index contributed by atoms with van der Waals surface area (Å²) in [6.45, 7) is 3.18. The standard InChI is InChI=1S/C14H21F2NO2S/c1-4-20(18,19)7-5-6-14(17-3)11-8-10(2)12(15)9-13(11)16/h8-9,14,17H,4-7H2,1-3H3. The number of benzene rings is 1. The molecule has 0 saturated carbocycles. The third-order valence-electron chi connectivity index (χ3n) is 3.39. The van der Waals surface area contributed by atoms with Crippen LogP contribution in [0.25, 0.3) is 0 Å². The lowest BCUT2D eigenvalue weighted by atomic mass is 9.99. The highest BCUT2D eigenvalue weighted by atomic mass is 32.2. The van der Waals surface area contributed by atoms with Crippen molar-refractivity contribution in [2.24, 2.45) is 0 Å². The zero-order chi connectivity index (χ0) is 15.3. The smallest absolute Gasteiger partial charge is 0.150 e. The average Bonchev–Trinajstić information content (AvgIpc) is 2.39. The fraction of sp³-hybridized carbons (Fsp3) is 0.571. The van der Waals surface area contributed by atoms with Crippen molar-refractivity contribution in [2.75, 3.05) is 18.6 Å². The Hall–Kier alpha value is -1.01. The first-order valence-corrected chi connectivity index (χ1v) is 8.46. The molecule has 3 nitrogen and oxygen atoms in total. The molecule has 0 radical (unpaired) electrons. The van der Waals surface area contributed by atoms with Crippen molar-refractivity contribution in [3.8, 4) is 0 Å². The predicted molar refractivity (Wildman–Crippen MR) is 76.5 cm³/mol. The molecule has 0 fully saturated rings. The molecule has 1 aromatic carbocycles. The van der Waals surface area contributed by atoms with Crippen molar-refractivity contribution >= 4 is 9.84 Å². The second kappa shape index (κ2) is 7.13. The minimum absolute atomic E-state index is 0.0868. The van der Waals surface area contributed by atoms with Crippen LogP contribution in [-0.2, 0) is 9.84 Å². The SMILES string of the molecule is CCS(=O)(=O)CCCC(NC)c1cc(C)c(F)cc1F. The zero-order valence-electron chi connectivity index (χ0n) is 12.0. The number of halogens is 2. The molecule has 114 valence electrons. The van der Waals surface area contributed by atoms with Crippen LogP contribution >= 0.6 is 0 Å². The van der Waals surface area contributed by atoms with Gasteiger partial charge < -0.3 is 5.32 Å². The van der Waals surface area contributed by atoms with Crippen molar-refractivity contribution in [3.63, 3.8) is 0 Å². The van der Waals surface area contributed by atoms with Crippen LogP contribution in [0.1, 0.15) is 36.9 Å². The van der Waals surface area contributed by atoms with Crippen LogP contribution < -0.4 is 5.32 Å². The molecule has 0 aliphatic rings. The quantitative estimate of drug-likeness (QED) is 0.842. The van der Waals surface area contributed by atoms with E-state index >= 15 is 0 Å². The van der Waals surface area contributed by atoms with E-state index in [0.29, 0.717) is 24.0 Å². The van der Waals surface area contributed by atoms with Gasteiger partial charge in [0.05, 0.1) is 5.75 Å². The summed E-state index contributed by atoms with van der Waals surface area (Å²) in [6.07, 6.45) is 0.926. The van der Waals surface area contributed by atoms with Crippen LogP contribution in [0.4, 0.5) is 8.78 Å². The van der Waals surface area contributed by atoms with Gasteiger partial charge in [-0.05, 0) is 38.4 Å². The van der Waals surface area contributed by atoms with Gasteiger partial charge in [-0.2, -0.15) is 0 Å². The van der Waals surface area contributed by atoms with Gasteiger partial charge >= 0.3 is 0 Å². The van der Waals surface area contributed by atoms with E-state index in [1.54, 1.807) is 20.9 Å². The molecule has 20 heavy (non-hydrogen) atoms. The van der Waals surface area contributed by atoms with Crippen LogP contribution in [0.15, 0.2) is 12.1 Å². The molecule has 0 spiro atoms. The summed E-state index contributed by atoms with van der Waals surface area (Å²) in [6, 6.07) is 2.03. The van der Waals surface area contributed by atoms with Gasteiger partial charge in [0.2, 0.25) is 0 Å². The minimum atomic E-state index is -3.01. The Morgan fingerprint density at radius 3 is 2.45 bits per heavy atom. The molecule has 0 saturated heterocycles. The summed E-state index contributed by atoms with van der Waals surface area (Å²) in [5, 5.41) is 2.95. The molecule has 0 amide bonds. The number of aryl methyl sites for hydroxylation is 1. The summed E-state index contributed by atoms with van der Waals surface area (Å²) in [4.78, 5) is 0. The fourth-order valence-electron chi connectivity index (χ4n) is 2.05. The van der Waals surface area contributed by atoms with Crippen LogP contribution in [-0.4, -0.2) is 27.0 Å². The molecular formula is C14H21F2NO2S. The molecule has 1 unspecified atom stereocenters. The van der Waals surface area contributed by atoms with E-state index in [0.717, 1.165) is 6.07 Å². The van der Waals surface area contributed by atoms with Crippen molar-refractivity contribution < 1.29 is 17.2 Å². The molecule has 1 aromatic rings. The number of nitrogens with one attached hydrogen (secondary N) is 1. The Kier molecular flexibility index (Phi) is 6.07. The highest BCUT2D eigenvalue weighted by molar-refractivity contribution is 7.91. The third kappa shape index (κ3) is 4.52. The lowest BCUT2D eigenvalue weighted by Gasteiger charge is -2.18. The maximum absolute atomic E-state index is 13.8. The van der Waals surface area contributed by atoms with E-state index in [9.17, 15) is 17.2 Å². The Bertz CT molecular complexity index is 559. The summed E-state index contributed by atoms with van der Waals surface area (Å²) in [5.41, 5.74) is 0.753. The monoisotopic (exact) mass is 305 g/mol. The predicted octanol–water partition coefficient (Wildman–Crippen LogP) is 2.75. The first kappa shape index (κ1) is 17.0. The number of rotatable bonds is 7. The van der Waals surface area contributed by atoms with E-state index in [-0.39, 0.29) is 17.5 Å². The van der Waals surface area contributed by atoms with Gasteiger partial charge in [-0.3, -0.25) is 0 Å². The average molecular weight is 305 g/mol. The topological polar surface area (TPSA) is 46.2 Å². The highest BCUT2D eigenvalue weighted by Gasteiger charge is 2.17. The Labute approximate surface area is 119 Å². The van der Waals surface area contributed by atoms with Crippen LogP contribution in [0.2, 0.25) is 0 Å². The molecule has 1 rings (SSSR count). The van der Waals surface area contributed by atoms with Crippen LogP contribution in [0.5, 0.6) is 0 Å². The van der Waals surface area contributed by atoms with Crippen molar-refractivity contribution in [1.29, 1.82) is 0 Å². The van der Waals surface area contributed by atoms with Gasteiger partial charge in [-0.25, -0.2) is 17.2 Å². The second-order valence-corrected chi connectivity index (χ2v) is 7.32. The van der Waals surface area contributed by atoms with E-state index in [2.05, 4.69) is 5.32 Å². The first-order valence-electron chi connectivity index (χ1n) is 6.64. The molecule has 0 aliphatic heterocycles. The normalized spacial score (nSPS) is 13.4. The zero-order valence-corrected chi connectivity index (χ0v) is 12.9. The molecular weight excluding hydrogens is 284 g/mol. The molecule has 0 aliphatic carbocycles. The Morgan fingerprint density at radius 1 is 1.25 bits per heavy atom. The Morgan fingerprint density at radius 2 is 1.90 bits per heavy atom. The lowest BCUT2D eigenvalue weighted by Crippen LogP contribution is -2.19. The van der Waals surface area contributed by atoms with Crippen molar-refractivity contribution in [1.82, 2.24) is 5.32 Å². The summed E-state index contributed by atoms with van der Waals surface area (Å²) >= 11 is 0. The largest absolute Gasteiger partial charge is 0.313 e. The lowest BCUT2D eigenvalue weighted by molar-refractivity contribution is 0.494. The summed E-state index contributed by atoms with van der Waals surface area (Å²) in [5.74, 6) is -0.981. The maximum Gasteiger partial charge on any atom is 0.150 e. The molecule has 6 heteroatoms. The molecule has 1 N–H and O–H groups in total. The number of hydrogen-bond acceptors (Lipinski definition) is 3. The summed E-state index contributed by atoms with van der Waals surface area (Å²) in [7, 11) is -1.33. The maximum atomic E-state index is 13.8. The van der Waals surface area contributed by atoms with Gasteiger partial charge in [-0.15, -0.1) is 0 Å². The van der Waals surface area contributed by atoms with Gasteiger partial charge in [0.15, 0.2) is 0 Å². The van der Waals surface area contributed by atoms with Gasteiger partial charge in [0.25, 0.3) is 0 Å². The van der Waals surface area contributed by atoms with Crippen molar-refractivity contribution in [2.45, 2.75) is 32.7 Å². The van der Waals surface area contributed by atoms with E-state index < -0.39 is 21.5 Å². The van der Waals surface area contributed by atoms with Gasteiger partial charge in [0.1, 0.15) is 21.5 Å². The van der Waals surface area contributed by atoms with E-state index in [1.165, 1.54) is 6.07 Å². The molecule has 1 atom stereocenters. The van der Waals surface area contributed by atoms with Crippen LogP contribution in [0.3, 0.4) is 0 Å². The highest BCUT2D eigenvalue weighted by Crippen LogP contribution is 2.24. The third-order valence-corrected chi connectivity index (χ3v) is 5.18. The van der Waals surface area contributed by atoms with Gasteiger partial charge in [-0.1, -0.05) is 6.92 Å². The second-order valence-electron chi connectivity index (χ2n) is 4.84. The number of hydrogen-bond donors (Lipinski definition) is 1. The number of sulfone groups is 1. The fourth-order valence-corrected chi connectivity index (χ4v) is 2.95. The summed E-state index contributed by atoms with van der Waals surface area (Å²) < 4.78 is 49.9. The van der Waals surface area contributed by atoms with Crippen LogP contribution in [0, 0.1) is 18.6 Å². The van der Waals surface area contributed by atoms with E-state index in [4.69, 9.17) is 0 Å². The Balaban J connectivity index is 2.79. The molecule has 0 bridgehead atoms. The van der Waals surface area contributed by atoms with Gasteiger partial charge in [0, 0.05) is 23.4 Å².